The highest BCUT2D eigenvalue weighted by Crippen LogP contribution is 2.25. The van der Waals surface area contributed by atoms with Crippen LogP contribution in [0.5, 0.6) is 0 Å². The number of nitrogens with one attached hydrogen (secondary N) is 1. The Bertz CT molecular complexity index is 445. The molecule has 0 aromatic carbocycles. The van der Waals surface area contributed by atoms with E-state index in [1.807, 2.05) is 0 Å². The van der Waals surface area contributed by atoms with Gasteiger partial charge in [-0.25, -0.2) is 0 Å². The number of hydrogen-bond donors (Lipinski definition) is 1. The summed E-state index contributed by atoms with van der Waals surface area (Å²) >= 11 is 0. The van der Waals surface area contributed by atoms with E-state index in [1.165, 1.54) is 44.6 Å². The largest absolute Gasteiger partial charge is 0.367 e. The number of nitrogens with zero attached hydrogens (tertiary/aromatic N) is 3. The lowest BCUT2D eigenvalue weighted by molar-refractivity contribution is 0.133. The van der Waals surface area contributed by atoms with Crippen molar-refractivity contribution in [2.45, 2.75) is 45.2 Å². The number of piperidine rings is 1. The Morgan fingerprint density at radius 1 is 1.29 bits per heavy atom. The number of anilines is 1. The van der Waals surface area contributed by atoms with Crippen molar-refractivity contribution in [2.75, 3.05) is 37.6 Å². The molecule has 1 N–H and O–H groups in total. The fourth-order valence-corrected chi connectivity index (χ4v) is 3.64. The van der Waals surface area contributed by atoms with Crippen molar-refractivity contribution in [3.05, 3.63) is 24.0 Å². The van der Waals surface area contributed by atoms with Gasteiger partial charge in [-0.1, -0.05) is 13.3 Å². The Kier molecular flexibility index (Phi) is 4.76. The van der Waals surface area contributed by atoms with Crippen molar-refractivity contribution in [3.63, 3.8) is 0 Å². The van der Waals surface area contributed by atoms with Crippen molar-refractivity contribution in [1.29, 1.82) is 0 Å². The van der Waals surface area contributed by atoms with Crippen molar-refractivity contribution >= 4 is 5.69 Å². The van der Waals surface area contributed by atoms with Gasteiger partial charge in [-0.3, -0.25) is 9.88 Å². The van der Waals surface area contributed by atoms with Crippen LogP contribution in [-0.4, -0.2) is 48.6 Å². The normalized spacial score (nSPS) is 24.7. The number of hydrogen-bond acceptors (Lipinski definition) is 4. The lowest BCUT2D eigenvalue weighted by Gasteiger charge is -2.44. The molecule has 3 heterocycles. The van der Waals surface area contributed by atoms with Crippen LogP contribution in [-0.2, 0) is 0 Å². The quantitative estimate of drug-likeness (QED) is 0.922. The molecule has 4 nitrogen and oxygen atoms in total. The van der Waals surface area contributed by atoms with Gasteiger partial charge in [0, 0.05) is 31.7 Å². The van der Waals surface area contributed by atoms with Gasteiger partial charge in [-0.15, -0.1) is 0 Å². The monoisotopic (exact) mass is 288 g/mol. The average Bonchev–Trinajstić information content (AvgIpc) is 2.55. The zero-order valence-corrected chi connectivity index (χ0v) is 13.4. The molecule has 2 saturated heterocycles. The Morgan fingerprint density at radius 2 is 2.19 bits per heavy atom. The van der Waals surface area contributed by atoms with Gasteiger partial charge in [0.2, 0.25) is 0 Å². The maximum Gasteiger partial charge on any atom is 0.0572 e. The molecule has 2 fully saturated rings. The molecule has 2 aliphatic rings. The highest BCUT2D eigenvalue weighted by Gasteiger charge is 2.28. The fraction of sp³-hybridized carbons (Fsp3) is 0.706. The minimum Gasteiger partial charge on any atom is -0.367 e. The predicted molar refractivity (Wildman–Crippen MR) is 87.8 cm³/mol. The lowest BCUT2D eigenvalue weighted by atomic mass is 9.99. The number of piperazine rings is 1. The summed E-state index contributed by atoms with van der Waals surface area (Å²) in [5, 5.41) is 3.42. The second-order valence-electron chi connectivity index (χ2n) is 6.35. The van der Waals surface area contributed by atoms with Crippen LogP contribution in [0.1, 0.15) is 44.8 Å². The van der Waals surface area contributed by atoms with Gasteiger partial charge in [0.25, 0.3) is 0 Å². The first-order valence-electron chi connectivity index (χ1n) is 8.46. The van der Waals surface area contributed by atoms with Gasteiger partial charge in [0.1, 0.15) is 0 Å². The second-order valence-corrected chi connectivity index (χ2v) is 6.35. The molecular formula is C17H28N4. The number of rotatable bonds is 4. The van der Waals surface area contributed by atoms with Crippen LogP contribution in [0.15, 0.2) is 18.3 Å². The third-order valence-corrected chi connectivity index (χ3v) is 4.93. The van der Waals surface area contributed by atoms with E-state index in [-0.39, 0.29) is 0 Å². The molecule has 1 aromatic heterocycles. The molecule has 4 heteroatoms. The molecule has 0 spiro atoms. The van der Waals surface area contributed by atoms with Gasteiger partial charge in [0.05, 0.1) is 17.6 Å². The molecule has 0 aliphatic carbocycles. The Hall–Kier alpha value is -1.13. The van der Waals surface area contributed by atoms with Gasteiger partial charge < -0.3 is 10.2 Å². The van der Waals surface area contributed by atoms with E-state index in [4.69, 9.17) is 0 Å². The maximum atomic E-state index is 4.66. The lowest BCUT2D eigenvalue weighted by Crippen LogP contribution is -2.54. The SMILES string of the molecule is CCNC(C)c1ccc(N2CCN3CCCCC3C2)cn1. The van der Waals surface area contributed by atoms with E-state index >= 15 is 0 Å². The number of aromatic nitrogens is 1. The number of pyridine rings is 1. The van der Waals surface area contributed by atoms with Crippen LogP contribution < -0.4 is 10.2 Å². The van der Waals surface area contributed by atoms with Crippen LogP contribution in [0, 0.1) is 0 Å². The summed E-state index contributed by atoms with van der Waals surface area (Å²) in [5.74, 6) is 0. The maximum absolute atomic E-state index is 4.66. The Morgan fingerprint density at radius 3 is 2.95 bits per heavy atom. The van der Waals surface area contributed by atoms with E-state index < -0.39 is 0 Å². The van der Waals surface area contributed by atoms with Crippen molar-refractivity contribution in [1.82, 2.24) is 15.2 Å². The van der Waals surface area contributed by atoms with E-state index in [1.54, 1.807) is 0 Å². The molecule has 0 radical (unpaired) electrons. The van der Waals surface area contributed by atoms with Gasteiger partial charge in [-0.05, 0) is 45.0 Å². The molecule has 21 heavy (non-hydrogen) atoms. The Labute approximate surface area is 128 Å². The highest BCUT2D eigenvalue weighted by molar-refractivity contribution is 5.45. The molecule has 2 unspecified atom stereocenters. The third-order valence-electron chi connectivity index (χ3n) is 4.93. The summed E-state index contributed by atoms with van der Waals surface area (Å²) < 4.78 is 0. The summed E-state index contributed by atoms with van der Waals surface area (Å²) in [7, 11) is 0. The van der Waals surface area contributed by atoms with Crippen molar-refractivity contribution in [3.8, 4) is 0 Å². The van der Waals surface area contributed by atoms with Crippen LogP contribution >= 0.6 is 0 Å². The average molecular weight is 288 g/mol. The van der Waals surface area contributed by atoms with E-state index in [0.29, 0.717) is 6.04 Å². The molecule has 2 atom stereocenters. The summed E-state index contributed by atoms with van der Waals surface area (Å²) in [4.78, 5) is 9.85. The second kappa shape index (κ2) is 6.75. The van der Waals surface area contributed by atoms with Crippen molar-refractivity contribution < 1.29 is 0 Å². The molecule has 0 saturated carbocycles. The standard InChI is InChI=1S/C17H28N4/c1-3-18-14(2)17-8-7-15(12-19-17)21-11-10-20-9-5-4-6-16(20)13-21/h7-8,12,14,16,18H,3-6,9-11,13H2,1-2H3. The van der Waals surface area contributed by atoms with E-state index in [9.17, 15) is 0 Å². The van der Waals surface area contributed by atoms with Gasteiger partial charge >= 0.3 is 0 Å². The van der Waals surface area contributed by atoms with Gasteiger partial charge in [-0.2, -0.15) is 0 Å². The topological polar surface area (TPSA) is 31.4 Å². The summed E-state index contributed by atoms with van der Waals surface area (Å²) in [6.45, 7) is 10.1. The first-order chi connectivity index (χ1) is 10.3. The summed E-state index contributed by atoms with van der Waals surface area (Å²) in [6, 6.07) is 5.51. The van der Waals surface area contributed by atoms with E-state index in [2.05, 4.69) is 52.3 Å². The van der Waals surface area contributed by atoms with Crippen LogP contribution in [0.25, 0.3) is 0 Å². The van der Waals surface area contributed by atoms with Gasteiger partial charge in [0.15, 0.2) is 0 Å². The summed E-state index contributed by atoms with van der Waals surface area (Å²) in [5.41, 5.74) is 2.42. The molecule has 116 valence electrons. The van der Waals surface area contributed by atoms with Crippen LogP contribution in [0.4, 0.5) is 5.69 Å². The van der Waals surface area contributed by atoms with E-state index in [0.717, 1.165) is 24.8 Å². The predicted octanol–water partition coefficient (Wildman–Crippen LogP) is 2.43. The minimum atomic E-state index is 0.333. The highest BCUT2D eigenvalue weighted by atomic mass is 15.3. The molecular weight excluding hydrogens is 260 g/mol. The minimum absolute atomic E-state index is 0.333. The molecule has 0 amide bonds. The zero-order chi connectivity index (χ0) is 14.7. The smallest absolute Gasteiger partial charge is 0.0572 e. The first-order valence-corrected chi connectivity index (χ1v) is 8.46. The fourth-order valence-electron chi connectivity index (χ4n) is 3.64. The number of fused-ring (bicyclic) bond motifs is 1. The molecule has 1 aromatic rings. The zero-order valence-electron chi connectivity index (χ0n) is 13.4. The van der Waals surface area contributed by atoms with Crippen LogP contribution in [0.2, 0.25) is 0 Å². The third kappa shape index (κ3) is 3.38. The molecule has 3 rings (SSSR count). The molecule has 2 aliphatic heterocycles. The van der Waals surface area contributed by atoms with Crippen LogP contribution in [0.3, 0.4) is 0 Å². The van der Waals surface area contributed by atoms with Crippen molar-refractivity contribution in [2.24, 2.45) is 0 Å². The summed E-state index contributed by atoms with van der Waals surface area (Å²) in [6.07, 6.45) is 6.20. The molecule has 0 bridgehead atoms. The Balaban J connectivity index is 1.64. The first kappa shape index (κ1) is 14.8.